The van der Waals surface area contributed by atoms with Crippen molar-refractivity contribution in [1.29, 1.82) is 0 Å². The van der Waals surface area contributed by atoms with Crippen LogP contribution in [0.1, 0.15) is 17.0 Å². The second-order valence-electron chi connectivity index (χ2n) is 6.18. The first kappa shape index (κ1) is 22.6. The summed E-state index contributed by atoms with van der Waals surface area (Å²) < 4.78 is 5.76. The van der Waals surface area contributed by atoms with Gasteiger partial charge in [-0.15, -0.1) is 24.0 Å². The number of guanidine groups is 1. The van der Waals surface area contributed by atoms with Gasteiger partial charge < -0.3 is 15.4 Å². The Morgan fingerprint density at radius 3 is 2.21 bits per heavy atom. The van der Waals surface area contributed by atoms with Crippen LogP contribution >= 0.6 is 24.0 Å². The number of aliphatic imine (C=N–C) groups is 1. The summed E-state index contributed by atoms with van der Waals surface area (Å²) in [6, 6.07) is 19.8. The highest BCUT2D eigenvalue weighted by atomic mass is 127. The highest BCUT2D eigenvalue weighted by Crippen LogP contribution is 2.13. The molecule has 1 aromatic carbocycles. The highest BCUT2D eigenvalue weighted by Gasteiger charge is 2.01. The highest BCUT2D eigenvalue weighted by molar-refractivity contribution is 14.0. The quantitative estimate of drug-likeness (QED) is 0.280. The van der Waals surface area contributed by atoms with Crippen molar-refractivity contribution in [2.45, 2.75) is 19.6 Å². The van der Waals surface area contributed by atoms with E-state index in [9.17, 15) is 0 Å². The van der Waals surface area contributed by atoms with E-state index in [1.54, 1.807) is 13.2 Å². The number of rotatable bonds is 8. The lowest BCUT2D eigenvalue weighted by atomic mass is 10.2. The molecule has 0 spiro atoms. The van der Waals surface area contributed by atoms with Crippen molar-refractivity contribution in [3.63, 3.8) is 0 Å². The third kappa shape index (κ3) is 8.06. The molecule has 0 unspecified atom stereocenters. The lowest BCUT2D eigenvalue weighted by molar-refractivity contribution is 0.301. The molecule has 0 bridgehead atoms. The zero-order valence-corrected chi connectivity index (χ0v) is 18.7. The van der Waals surface area contributed by atoms with Crippen molar-refractivity contribution in [3.05, 3.63) is 90.0 Å². The standard InChI is InChI=1S/C22H25N5O.HI/c1-23-22(26-15-12-19-6-2-4-13-24-19)27-16-18-8-10-21(11-9-18)28-17-20-7-3-5-14-25-20;/h2-11,13-14H,12,15-17H2,1H3,(H2,23,26,27);1H. The second-order valence-corrected chi connectivity index (χ2v) is 6.18. The van der Waals surface area contributed by atoms with Gasteiger partial charge in [0, 0.05) is 44.6 Å². The molecule has 0 aliphatic heterocycles. The summed E-state index contributed by atoms with van der Waals surface area (Å²) in [5.74, 6) is 1.60. The molecule has 0 saturated heterocycles. The van der Waals surface area contributed by atoms with Crippen molar-refractivity contribution in [3.8, 4) is 5.75 Å². The fraction of sp³-hybridized carbons (Fsp3) is 0.227. The summed E-state index contributed by atoms with van der Waals surface area (Å²) in [4.78, 5) is 12.8. The number of aromatic nitrogens is 2. The Kier molecular flexibility index (Phi) is 9.91. The van der Waals surface area contributed by atoms with Crippen LogP contribution in [0.5, 0.6) is 5.75 Å². The largest absolute Gasteiger partial charge is 0.487 e. The molecule has 3 aromatic rings. The van der Waals surface area contributed by atoms with E-state index in [0.717, 1.165) is 41.6 Å². The zero-order valence-electron chi connectivity index (χ0n) is 16.4. The lowest BCUT2D eigenvalue weighted by Crippen LogP contribution is -2.37. The van der Waals surface area contributed by atoms with Crippen molar-refractivity contribution in [1.82, 2.24) is 20.6 Å². The first-order valence-corrected chi connectivity index (χ1v) is 9.29. The summed E-state index contributed by atoms with van der Waals surface area (Å²) in [5, 5.41) is 6.62. The number of ether oxygens (including phenoxy) is 1. The van der Waals surface area contributed by atoms with Gasteiger partial charge in [-0.3, -0.25) is 15.0 Å². The third-order valence-corrected chi connectivity index (χ3v) is 4.12. The van der Waals surface area contributed by atoms with Crippen LogP contribution in [0.15, 0.2) is 78.0 Å². The van der Waals surface area contributed by atoms with E-state index in [1.807, 2.05) is 66.9 Å². The number of nitrogens with zero attached hydrogens (tertiary/aromatic N) is 3. The van der Waals surface area contributed by atoms with Gasteiger partial charge in [0.2, 0.25) is 0 Å². The maximum Gasteiger partial charge on any atom is 0.191 e. The lowest BCUT2D eigenvalue weighted by Gasteiger charge is -2.12. The first-order chi connectivity index (χ1) is 13.8. The molecule has 2 heterocycles. The number of halogens is 1. The van der Waals surface area contributed by atoms with Gasteiger partial charge in [0.05, 0.1) is 5.69 Å². The third-order valence-electron chi connectivity index (χ3n) is 4.12. The van der Waals surface area contributed by atoms with Crippen molar-refractivity contribution < 1.29 is 4.74 Å². The average molecular weight is 503 g/mol. The number of hydrogen-bond acceptors (Lipinski definition) is 4. The topological polar surface area (TPSA) is 71.4 Å². The molecule has 6 nitrogen and oxygen atoms in total. The Morgan fingerprint density at radius 1 is 0.897 bits per heavy atom. The fourth-order valence-electron chi connectivity index (χ4n) is 2.61. The van der Waals surface area contributed by atoms with Crippen LogP contribution in [0, 0.1) is 0 Å². The molecule has 0 atom stereocenters. The fourth-order valence-corrected chi connectivity index (χ4v) is 2.61. The molecule has 2 N–H and O–H groups in total. The molecule has 0 fully saturated rings. The summed E-state index contributed by atoms with van der Waals surface area (Å²) in [5.41, 5.74) is 3.12. The van der Waals surface area contributed by atoms with Gasteiger partial charge in [-0.25, -0.2) is 0 Å². The summed E-state index contributed by atoms with van der Waals surface area (Å²) >= 11 is 0. The molecule has 0 aliphatic carbocycles. The van der Waals surface area contributed by atoms with Crippen molar-refractivity contribution in [2.75, 3.05) is 13.6 Å². The number of hydrogen-bond donors (Lipinski definition) is 2. The van der Waals surface area contributed by atoms with Gasteiger partial charge in [0.25, 0.3) is 0 Å². The zero-order chi connectivity index (χ0) is 19.4. The van der Waals surface area contributed by atoms with E-state index in [2.05, 4.69) is 25.6 Å². The van der Waals surface area contributed by atoms with E-state index in [1.165, 1.54) is 0 Å². The smallest absolute Gasteiger partial charge is 0.191 e. The van der Waals surface area contributed by atoms with E-state index in [4.69, 9.17) is 4.74 Å². The SMILES string of the molecule is CN=C(NCCc1ccccn1)NCc1ccc(OCc2ccccn2)cc1.I. The van der Waals surface area contributed by atoms with Gasteiger partial charge >= 0.3 is 0 Å². The Morgan fingerprint density at radius 2 is 1.59 bits per heavy atom. The molecule has 0 saturated carbocycles. The number of nitrogens with one attached hydrogen (secondary N) is 2. The monoisotopic (exact) mass is 503 g/mol. The van der Waals surface area contributed by atoms with E-state index in [0.29, 0.717) is 13.2 Å². The van der Waals surface area contributed by atoms with Gasteiger partial charge in [-0.1, -0.05) is 24.3 Å². The van der Waals surface area contributed by atoms with Crippen LogP contribution in [-0.4, -0.2) is 29.5 Å². The molecule has 3 rings (SSSR count). The van der Waals surface area contributed by atoms with Gasteiger partial charge in [-0.05, 0) is 42.0 Å². The van der Waals surface area contributed by atoms with E-state index < -0.39 is 0 Å². The van der Waals surface area contributed by atoms with Crippen LogP contribution in [0.4, 0.5) is 0 Å². The predicted molar refractivity (Wildman–Crippen MR) is 127 cm³/mol. The van der Waals surface area contributed by atoms with Gasteiger partial charge in [0.15, 0.2) is 5.96 Å². The first-order valence-electron chi connectivity index (χ1n) is 9.29. The molecule has 7 heteroatoms. The van der Waals surface area contributed by atoms with Crippen LogP contribution in [0.3, 0.4) is 0 Å². The van der Waals surface area contributed by atoms with Crippen LogP contribution in [0.2, 0.25) is 0 Å². The van der Waals surface area contributed by atoms with Crippen LogP contribution in [-0.2, 0) is 19.6 Å². The Balaban J connectivity index is 0.00000300. The summed E-state index contributed by atoms with van der Waals surface area (Å²) in [6.07, 6.45) is 4.43. The molecular formula is C22H26IN5O. The Hall–Kier alpha value is -2.68. The molecule has 0 amide bonds. The molecule has 2 aromatic heterocycles. The van der Waals surface area contributed by atoms with Gasteiger partial charge in [-0.2, -0.15) is 0 Å². The second kappa shape index (κ2) is 12.7. The molecule has 152 valence electrons. The number of benzene rings is 1. The minimum absolute atomic E-state index is 0. The minimum atomic E-state index is 0. The summed E-state index contributed by atoms with van der Waals surface area (Å²) in [7, 11) is 1.77. The van der Waals surface area contributed by atoms with Crippen molar-refractivity contribution >= 4 is 29.9 Å². The predicted octanol–water partition coefficient (Wildman–Crippen LogP) is 3.58. The number of pyridine rings is 2. The van der Waals surface area contributed by atoms with Crippen molar-refractivity contribution in [2.24, 2.45) is 4.99 Å². The Bertz CT molecular complexity index is 857. The van der Waals surface area contributed by atoms with Crippen LogP contribution in [0.25, 0.3) is 0 Å². The van der Waals surface area contributed by atoms with Crippen LogP contribution < -0.4 is 15.4 Å². The minimum Gasteiger partial charge on any atom is -0.487 e. The summed E-state index contributed by atoms with van der Waals surface area (Å²) in [6.45, 7) is 1.92. The molecular weight excluding hydrogens is 477 g/mol. The average Bonchev–Trinajstić information content (AvgIpc) is 2.77. The Labute approximate surface area is 188 Å². The normalized spacial score (nSPS) is 10.7. The van der Waals surface area contributed by atoms with E-state index in [-0.39, 0.29) is 24.0 Å². The van der Waals surface area contributed by atoms with Gasteiger partial charge in [0.1, 0.15) is 12.4 Å². The maximum atomic E-state index is 5.76. The molecule has 0 radical (unpaired) electrons. The maximum absolute atomic E-state index is 5.76. The molecule has 29 heavy (non-hydrogen) atoms. The van der Waals surface area contributed by atoms with E-state index >= 15 is 0 Å². The molecule has 0 aliphatic rings.